The molecule has 0 heterocycles. The van der Waals surface area contributed by atoms with Crippen LogP contribution in [0.5, 0.6) is 11.5 Å². The first kappa shape index (κ1) is 20.8. The van der Waals surface area contributed by atoms with Gasteiger partial charge in [-0.1, -0.05) is 42.0 Å². The second kappa shape index (κ2) is 9.54. The summed E-state index contributed by atoms with van der Waals surface area (Å²) in [5.74, 6) is 0.361. The van der Waals surface area contributed by atoms with Gasteiger partial charge < -0.3 is 15.2 Å². The molecule has 3 rings (SSSR count). The molecule has 29 heavy (non-hydrogen) atoms. The zero-order valence-corrected chi connectivity index (χ0v) is 16.0. The summed E-state index contributed by atoms with van der Waals surface area (Å²) in [6.45, 7) is 0.593. The fourth-order valence-corrected chi connectivity index (χ4v) is 3.21. The number of hydrogen-bond donors (Lipinski definition) is 1. The Morgan fingerprint density at radius 3 is 2.38 bits per heavy atom. The molecular weight excluding hydrogens is 379 g/mol. The maximum Gasteiger partial charge on any atom is 0.573 e. The fourth-order valence-electron chi connectivity index (χ4n) is 3.21. The summed E-state index contributed by atoms with van der Waals surface area (Å²) in [6.07, 6.45) is 7.19. The highest BCUT2D eigenvalue weighted by molar-refractivity contribution is 5.71. The van der Waals surface area contributed by atoms with Crippen molar-refractivity contribution in [1.29, 1.82) is 0 Å². The Kier molecular flexibility index (Phi) is 6.86. The minimum absolute atomic E-state index is 0.255. The topological polar surface area (TPSA) is 44.5 Å². The second-order valence-corrected chi connectivity index (χ2v) is 6.92. The van der Waals surface area contributed by atoms with E-state index in [1.807, 2.05) is 6.07 Å². The lowest BCUT2D eigenvalue weighted by Crippen LogP contribution is -2.16. The van der Waals surface area contributed by atoms with Crippen LogP contribution in [0.2, 0.25) is 0 Å². The van der Waals surface area contributed by atoms with Crippen molar-refractivity contribution in [3.05, 3.63) is 66.3 Å². The van der Waals surface area contributed by atoms with Gasteiger partial charge in [-0.3, -0.25) is 0 Å². The molecular formula is C23H24F3NO2. The SMILES string of the molecule is Nc1cc(-c2ccc(OC(F)(F)F)cc2)ccc1OCCCCC1=CC=CCC1. The molecule has 2 aromatic carbocycles. The van der Waals surface area contributed by atoms with E-state index in [9.17, 15) is 13.2 Å². The van der Waals surface area contributed by atoms with Crippen LogP contribution in [-0.4, -0.2) is 13.0 Å². The van der Waals surface area contributed by atoms with Gasteiger partial charge >= 0.3 is 6.36 Å². The van der Waals surface area contributed by atoms with Crippen LogP contribution in [0.4, 0.5) is 18.9 Å². The highest BCUT2D eigenvalue weighted by atomic mass is 19.4. The zero-order valence-electron chi connectivity index (χ0n) is 16.0. The minimum Gasteiger partial charge on any atom is -0.491 e. The number of rotatable bonds is 8. The van der Waals surface area contributed by atoms with E-state index in [-0.39, 0.29) is 5.75 Å². The summed E-state index contributed by atoms with van der Waals surface area (Å²) in [7, 11) is 0. The number of allylic oxidation sites excluding steroid dienone is 4. The molecule has 0 unspecified atom stereocenters. The lowest BCUT2D eigenvalue weighted by atomic mass is 10.00. The molecule has 0 radical (unpaired) electrons. The largest absolute Gasteiger partial charge is 0.573 e. The first-order valence-corrected chi connectivity index (χ1v) is 9.64. The van der Waals surface area contributed by atoms with Crippen LogP contribution in [-0.2, 0) is 0 Å². The molecule has 1 aliphatic rings. The van der Waals surface area contributed by atoms with Crippen LogP contribution in [0.25, 0.3) is 11.1 Å². The Morgan fingerprint density at radius 1 is 0.966 bits per heavy atom. The first-order chi connectivity index (χ1) is 13.9. The van der Waals surface area contributed by atoms with Gasteiger partial charge in [-0.05, 0) is 67.5 Å². The number of unbranched alkanes of at least 4 members (excludes halogenated alkanes) is 1. The van der Waals surface area contributed by atoms with Crippen LogP contribution in [0.1, 0.15) is 32.1 Å². The van der Waals surface area contributed by atoms with Gasteiger partial charge in [-0.15, -0.1) is 13.2 Å². The molecule has 0 spiro atoms. The molecule has 0 bridgehead atoms. The van der Waals surface area contributed by atoms with Gasteiger partial charge in [0.2, 0.25) is 0 Å². The highest BCUT2D eigenvalue weighted by Crippen LogP contribution is 2.31. The highest BCUT2D eigenvalue weighted by Gasteiger charge is 2.30. The molecule has 0 fully saturated rings. The minimum atomic E-state index is -4.70. The molecule has 0 atom stereocenters. The summed E-state index contributed by atoms with van der Waals surface area (Å²) < 4.78 is 46.4. The molecule has 3 nitrogen and oxygen atoms in total. The van der Waals surface area contributed by atoms with Gasteiger partial charge in [-0.2, -0.15) is 0 Å². The molecule has 2 aromatic rings. The number of hydrogen-bond acceptors (Lipinski definition) is 3. The van der Waals surface area contributed by atoms with Crippen LogP contribution in [0.3, 0.4) is 0 Å². The van der Waals surface area contributed by atoms with Crippen molar-refractivity contribution in [3.8, 4) is 22.6 Å². The fraction of sp³-hybridized carbons (Fsp3) is 0.304. The maximum atomic E-state index is 12.2. The number of nitrogen functional groups attached to an aromatic ring is 1. The lowest BCUT2D eigenvalue weighted by Gasteiger charge is -2.12. The summed E-state index contributed by atoms with van der Waals surface area (Å²) >= 11 is 0. The van der Waals surface area contributed by atoms with E-state index in [1.54, 1.807) is 24.3 Å². The Morgan fingerprint density at radius 2 is 1.72 bits per heavy atom. The van der Waals surface area contributed by atoms with Crippen LogP contribution >= 0.6 is 0 Å². The van der Waals surface area contributed by atoms with E-state index in [4.69, 9.17) is 10.5 Å². The van der Waals surface area contributed by atoms with Crippen LogP contribution in [0, 0.1) is 0 Å². The molecule has 0 saturated heterocycles. The Hall–Kier alpha value is -2.89. The van der Waals surface area contributed by atoms with Gasteiger partial charge in [0.05, 0.1) is 12.3 Å². The summed E-state index contributed by atoms with van der Waals surface area (Å²) in [5.41, 5.74) is 9.62. The third kappa shape index (κ3) is 6.59. The Labute approximate surface area is 168 Å². The number of anilines is 1. The van der Waals surface area contributed by atoms with Gasteiger partial charge in [0.25, 0.3) is 0 Å². The van der Waals surface area contributed by atoms with E-state index in [0.29, 0.717) is 18.0 Å². The predicted molar refractivity (Wildman–Crippen MR) is 109 cm³/mol. The normalized spacial score (nSPS) is 13.8. The predicted octanol–water partition coefficient (Wildman–Crippen LogP) is 6.66. The van der Waals surface area contributed by atoms with Crippen LogP contribution in [0.15, 0.2) is 66.3 Å². The summed E-state index contributed by atoms with van der Waals surface area (Å²) in [4.78, 5) is 0. The van der Waals surface area contributed by atoms with E-state index >= 15 is 0 Å². The number of ether oxygens (including phenoxy) is 2. The average Bonchev–Trinajstić information content (AvgIpc) is 2.69. The van der Waals surface area contributed by atoms with E-state index in [0.717, 1.165) is 43.2 Å². The standard InChI is InChI=1S/C23H24F3NO2/c24-23(25,26)29-20-12-9-18(10-13-20)19-11-14-22(21(27)16-19)28-15-5-4-8-17-6-2-1-3-7-17/h1-2,6,9-14,16H,3-5,7-8,15,27H2. The molecule has 0 aromatic heterocycles. The number of benzene rings is 2. The third-order valence-electron chi connectivity index (χ3n) is 4.68. The van der Waals surface area contributed by atoms with Crippen molar-refractivity contribution >= 4 is 5.69 Å². The van der Waals surface area contributed by atoms with Crippen LogP contribution < -0.4 is 15.2 Å². The number of alkyl halides is 3. The number of nitrogens with two attached hydrogens (primary N) is 1. The Bertz CT molecular complexity index is 871. The maximum absolute atomic E-state index is 12.2. The molecule has 0 amide bonds. The van der Waals surface area contributed by atoms with Crippen molar-refractivity contribution in [3.63, 3.8) is 0 Å². The molecule has 1 aliphatic carbocycles. The average molecular weight is 403 g/mol. The molecule has 2 N–H and O–H groups in total. The van der Waals surface area contributed by atoms with Gasteiger partial charge in [0, 0.05) is 0 Å². The Balaban J connectivity index is 1.50. The summed E-state index contributed by atoms with van der Waals surface area (Å²) in [5, 5.41) is 0. The molecule has 0 aliphatic heterocycles. The van der Waals surface area contributed by atoms with Gasteiger partial charge in [0.15, 0.2) is 0 Å². The molecule has 6 heteroatoms. The first-order valence-electron chi connectivity index (χ1n) is 9.64. The van der Waals surface area contributed by atoms with Gasteiger partial charge in [0.1, 0.15) is 11.5 Å². The van der Waals surface area contributed by atoms with E-state index in [2.05, 4.69) is 23.0 Å². The van der Waals surface area contributed by atoms with Crippen molar-refractivity contribution in [1.82, 2.24) is 0 Å². The van der Waals surface area contributed by atoms with Crippen molar-refractivity contribution in [2.45, 2.75) is 38.5 Å². The van der Waals surface area contributed by atoms with E-state index < -0.39 is 6.36 Å². The van der Waals surface area contributed by atoms with Gasteiger partial charge in [-0.25, -0.2) is 0 Å². The quantitative estimate of drug-likeness (QED) is 0.396. The second-order valence-electron chi connectivity index (χ2n) is 6.92. The van der Waals surface area contributed by atoms with Crippen molar-refractivity contribution in [2.24, 2.45) is 0 Å². The zero-order chi connectivity index (χ0) is 20.7. The summed E-state index contributed by atoms with van der Waals surface area (Å²) in [6, 6.07) is 11.1. The number of halogens is 3. The lowest BCUT2D eigenvalue weighted by molar-refractivity contribution is -0.274. The monoisotopic (exact) mass is 403 g/mol. The third-order valence-corrected chi connectivity index (χ3v) is 4.68. The molecule has 154 valence electrons. The smallest absolute Gasteiger partial charge is 0.491 e. The van der Waals surface area contributed by atoms with Crippen molar-refractivity contribution < 1.29 is 22.6 Å². The van der Waals surface area contributed by atoms with Crippen molar-refractivity contribution in [2.75, 3.05) is 12.3 Å². The van der Waals surface area contributed by atoms with E-state index in [1.165, 1.54) is 17.7 Å². The molecule has 0 saturated carbocycles.